The molecule has 0 aliphatic carbocycles. The lowest BCUT2D eigenvalue weighted by atomic mass is 9.68. The predicted molar refractivity (Wildman–Crippen MR) is 121 cm³/mol. The van der Waals surface area contributed by atoms with Crippen LogP contribution in [0.3, 0.4) is 0 Å². The van der Waals surface area contributed by atoms with Gasteiger partial charge >= 0.3 is 11.9 Å². The van der Waals surface area contributed by atoms with Crippen molar-refractivity contribution >= 4 is 11.9 Å². The number of aliphatic carboxylic acids is 2. The van der Waals surface area contributed by atoms with Crippen LogP contribution >= 0.6 is 0 Å². The fraction of sp³-hybridized carbons (Fsp3) is 0.920. The summed E-state index contributed by atoms with van der Waals surface area (Å²) in [6.45, 7) is 10.8. The summed E-state index contributed by atoms with van der Waals surface area (Å²) in [5, 5.41) is 18.6. The molecule has 4 nitrogen and oxygen atoms in total. The summed E-state index contributed by atoms with van der Waals surface area (Å²) in [5.41, 5.74) is -0.567. The van der Waals surface area contributed by atoms with E-state index in [4.69, 9.17) is 5.11 Å². The third-order valence-electron chi connectivity index (χ3n) is 5.88. The van der Waals surface area contributed by atoms with Gasteiger partial charge in [0.15, 0.2) is 0 Å². The van der Waals surface area contributed by atoms with E-state index in [1.165, 1.54) is 38.5 Å². The predicted octanol–water partition coefficient (Wildman–Crippen LogP) is 7.55. The van der Waals surface area contributed by atoms with Gasteiger partial charge in [-0.05, 0) is 43.4 Å². The van der Waals surface area contributed by atoms with Crippen molar-refractivity contribution in [2.45, 2.75) is 125 Å². The van der Waals surface area contributed by atoms with Crippen LogP contribution in [0.2, 0.25) is 0 Å². The van der Waals surface area contributed by atoms with Crippen LogP contribution in [0.25, 0.3) is 0 Å². The molecule has 0 rings (SSSR count). The molecule has 0 fully saturated rings. The van der Waals surface area contributed by atoms with E-state index in [0.717, 1.165) is 44.9 Å². The lowest BCUT2D eigenvalue weighted by Gasteiger charge is -2.35. The Morgan fingerprint density at radius 3 is 1.45 bits per heavy atom. The maximum absolute atomic E-state index is 12.2. The normalized spacial score (nSPS) is 13.2. The molecule has 0 aromatic carbocycles. The standard InChI is InChI=1S/C25H48O4/c1-20(2)17-25(24(28)29,18-21(3)4)19-22(5)15-13-11-9-7-6-8-10-12-14-16-23(26)27/h20-22H,6-19H2,1-5H3,(H,26,27)(H,28,29). The number of carboxylic acids is 2. The van der Waals surface area contributed by atoms with Crippen LogP contribution in [0.5, 0.6) is 0 Å². The van der Waals surface area contributed by atoms with Crippen molar-refractivity contribution in [3.05, 3.63) is 0 Å². The largest absolute Gasteiger partial charge is 0.481 e. The molecule has 0 radical (unpaired) electrons. The summed E-state index contributed by atoms with van der Waals surface area (Å²) in [7, 11) is 0. The minimum atomic E-state index is -0.687. The van der Waals surface area contributed by atoms with Crippen LogP contribution < -0.4 is 0 Å². The Morgan fingerprint density at radius 2 is 1.07 bits per heavy atom. The van der Waals surface area contributed by atoms with Gasteiger partial charge < -0.3 is 10.2 Å². The quantitative estimate of drug-likeness (QED) is 0.215. The molecule has 29 heavy (non-hydrogen) atoms. The van der Waals surface area contributed by atoms with Crippen LogP contribution in [0, 0.1) is 23.2 Å². The monoisotopic (exact) mass is 412 g/mol. The molecule has 0 saturated heterocycles. The third-order valence-corrected chi connectivity index (χ3v) is 5.88. The topological polar surface area (TPSA) is 74.6 Å². The van der Waals surface area contributed by atoms with Crippen molar-refractivity contribution in [3.63, 3.8) is 0 Å². The van der Waals surface area contributed by atoms with Gasteiger partial charge in [-0.3, -0.25) is 9.59 Å². The van der Waals surface area contributed by atoms with Gasteiger partial charge in [-0.1, -0.05) is 92.4 Å². The summed E-state index contributed by atoms with van der Waals surface area (Å²) in [6.07, 6.45) is 14.1. The minimum Gasteiger partial charge on any atom is -0.481 e. The van der Waals surface area contributed by atoms with E-state index in [0.29, 0.717) is 24.2 Å². The Balaban J connectivity index is 4.06. The fourth-order valence-corrected chi connectivity index (χ4v) is 4.85. The highest BCUT2D eigenvalue weighted by molar-refractivity contribution is 5.74. The van der Waals surface area contributed by atoms with Crippen molar-refractivity contribution in [2.75, 3.05) is 0 Å². The zero-order valence-corrected chi connectivity index (χ0v) is 19.8. The molecule has 2 N–H and O–H groups in total. The maximum Gasteiger partial charge on any atom is 0.309 e. The summed E-state index contributed by atoms with van der Waals surface area (Å²) in [5.74, 6) is -0.0245. The highest BCUT2D eigenvalue weighted by Gasteiger charge is 2.40. The maximum atomic E-state index is 12.2. The average Bonchev–Trinajstić information content (AvgIpc) is 2.57. The first-order valence-corrected chi connectivity index (χ1v) is 12.0. The summed E-state index contributed by atoms with van der Waals surface area (Å²) in [4.78, 5) is 22.6. The Labute approximate surface area is 179 Å². The van der Waals surface area contributed by atoms with Crippen LogP contribution in [0.15, 0.2) is 0 Å². The van der Waals surface area contributed by atoms with Crippen LogP contribution in [0.4, 0.5) is 0 Å². The average molecular weight is 413 g/mol. The van der Waals surface area contributed by atoms with Gasteiger partial charge in [0.2, 0.25) is 0 Å². The van der Waals surface area contributed by atoms with Gasteiger partial charge in [0.25, 0.3) is 0 Å². The van der Waals surface area contributed by atoms with Crippen molar-refractivity contribution in [1.82, 2.24) is 0 Å². The number of rotatable bonds is 19. The third kappa shape index (κ3) is 14.5. The molecule has 0 saturated carbocycles. The van der Waals surface area contributed by atoms with Crippen molar-refractivity contribution in [3.8, 4) is 0 Å². The number of carboxylic acid groups (broad SMARTS) is 2. The Kier molecular flexibility index (Phi) is 15.2. The van der Waals surface area contributed by atoms with E-state index in [2.05, 4.69) is 34.6 Å². The summed E-state index contributed by atoms with van der Waals surface area (Å²) >= 11 is 0. The zero-order valence-electron chi connectivity index (χ0n) is 19.8. The molecule has 0 aromatic rings. The zero-order chi connectivity index (χ0) is 22.3. The Hall–Kier alpha value is -1.06. The molecule has 0 amide bonds. The lowest BCUT2D eigenvalue weighted by molar-refractivity contribution is -0.152. The van der Waals surface area contributed by atoms with Gasteiger partial charge in [0.1, 0.15) is 0 Å². The number of unbranched alkanes of at least 4 members (excludes halogenated alkanes) is 8. The first-order chi connectivity index (χ1) is 13.6. The van der Waals surface area contributed by atoms with E-state index in [9.17, 15) is 14.7 Å². The smallest absolute Gasteiger partial charge is 0.309 e. The van der Waals surface area contributed by atoms with Crippen LogP contribution in [0.1, 0.15) is 125 Å². The van der Waals surface area contributed by atoms with E-state index in [-0.39, 0.29) is 0 Å². The van der Waals surface area contributed by atoms with E-state index in [1.807, 2.05) is 0 Å². The highest BCUT2D eigenvalue weighted by atomic mass is 16.4. The number of hydrogen-bond acceptors (Lipinski definition) is 2. The second-order valence-electron chi connectivity index (χ2n) is 10.2. The molecular formula is C25H48O4. The molecule has 172 valence electrons. The number of hydrogen-bond donors (Lipinski definition) is 2. The molecule has 0 aliphatic rings. The van der Waals surface area contributed by atoms with E-state index >= 15 is 0 Å². The van der Waals surface area contributed by atoms with Crippen molar-refractivity contribution < 1.29 is 19.8 Å². The molecule has 0 aliphatic heterocycles. The van der Waals surface area contributed by atoms with Crippen LogP contribution in [-0.2, 0) is 9.59 Å². The molecule has 0 heterocycles. The molecular weight excluding hydrogens is 364 g/mol. The lowest BCUT2D eigenvalue weighted by Crippen LogP contribution is -2.36. The first-order valence-electron chi connectivity index (χ1n) is 12.0. The molecule has 0 bridgehead atoms. The minimum absolute atomic E-state index is 0.301. The second kappa shape index (κ2) is 15.7. The van der Waals surface area contributed by atoms with Gasteiger partial charge in [-0.15, -0.1) is 0 Å². The number of carbonyl (C=O) groups is 2. The Bertz CT molecular complexity index is 432. The molecule has 4 heteroatoms. The summed E-state index contributed by atoms with van der Waals surface area (Å²) < 4.78 is 0. The summed E-state index contributed by atoms with van der Waals surface area (Å²) in [6, 6.07) is 0. The first kappa shape index (κ1) is 27.9. The van der Waals surface area contributed by atoms with E-state index in [1.54, 1.807) is 0 Å². The van der Waals surface area contributed by atoms with Gasteiger partial charge in [0, 0.05) is 6.42 Å². The molecule has 1 atom stereocenters. The molecule has 0 spiro atoms. The van der Waals surface area contributed by atoms with Gasteiger partial charge in [-0.25, -0.2) is 0 Å². The SMILES string of the molecule is CC(C)CC(CC(C)C)(CC(C)CCCCCCCCCCCC(=O)O)C(=O)O. The molecule has 0 aromatic heterocycles. The second-order valence-corrected chi connectivity index (χ2v) is 10.2. The molecule has 1 unspecified atom stereocenters. The fourth-order valence-electron chi connectivity index (χ4n) is 4.85. The van der Waals surface area contributed by atoms with E-state index < -0.39 is 17.4 Å². The van der Waals surface area contributed by atoms with Crippen molar-refractivity contribution in [1.29, 1.82) is 0 Å². The highest BCUT2D eigenvalue weighted by Crippen LogP contribution is 2.41. The Morgan fingerprint density at radius 1 is 0.655 bits per heavy atom. The van der Waals surface area contributed by atoms with Gasteiger partial charge in [-0.2, -0.15) is 0 Å². The van der Waals surface area contributed by atoms with Crippen LogP contribution in [-0.4, -0.2) is 22.2 Å². The van der Waals surface area contributed by atoms with Gasteiger partial charge in [0.05, 0.1) is 5.41 Å². The van der Waals surface area contributed by atoms with Crippen molar-refractivity contribution in [2.24, 2.45) is 23.2 Å².